The Morgan fingerprint density at radius 1 is 1.43 bits per heavy atom. The molecule has 1 aliphatic rings. The smallest absolute Gasteiger partial charge is 0.350 e. The van der Waals surface area contributed by atoms with Crippen LogP contribution in [-0.2, 0) is 30.5 Å². The van der Waals surface area contributed by atoms with Crippen molar-refractivity contribution < 1.29 is 18.0 Å². The summed E-state index contributed by atoms with van der Waals surface area (Å²) < 4.78 is 40.3. The van der Waals surface area contributed by atoms with Crippen molar-refractivity contribution in [1.82, 2.24) is 29.9 Å². The van der Waals surface area contributed by atoms with Gasteiger partial charge in [-0.25, -0.2) is 0 Å². The number of carbonyl (C=O) groups excluding carboxylic acids is 1. The maximum absolute atomic E-state index is 12.5. The summed E-state index contributed by atoms with van der Waals surface area (Å²) in [6.07, 6.45) is -1.94. The van der Waals surface area contributed by atoms with Gasteiger partial charge in [0, 0.05) is 25.2 Å². The molecule has 0 aliphatic carbocycles. The Bertz CT molecular complexity index is 720. The quantitative estimate of drug-likeness (QED) is 0.909. The highest BCUT2D eigenvalue weighted by Crippen LogP contribution is 2.27. The summed E-state index contributed by atoms with van der Waals surface area (Å²) in [6, 6.07) is 0.753. The van der Waals surface area contributed by atoms with Crippen molar-refractivity contribution in [2.75, 3.05) is 0 Å². The van der Waals surface area contributed by atoms with Crippen LogP contribution in [0.15, 0.2) is 12.3 Å². The van der Waals surface area contributed by atoms with E-state index >= 15 is 0 Å². The largest absolute Gasteiger partial charge is 0.435 e. The van der Waals surface area contributed by atoms with E-state index in [-0.39, 0.29) is 18.5 Å². The van der Waals surface area contributed by atoms with Gasteiger partial charge in [0.05, 0.1) is 0 Å². The number of hydrogen-bond acceptors (Lipinski definition) is 4. The lowest BCUT2D eigenvalue weighted by Gasteiger charge is -2.24. The molecule has 0 radical (unpaired) electrons. The SMILES string of the molecule is Cc1nnc2n1CC(NC(=O)Cn1ccc(C(F)(F)F)n1)CC2. The van der Waals surface area contributed by atoms with Crippen molar-refractivity contribution in [2.24, 2.45) is 0 Å². The first kappa shape index (κ1) is 15.5. The van der Waals surface area contributed by atoms with Crippen LogP contribution in [0, 0.1) is 6.92 Å². The van der Waals surface area contributed by atoms with Crippen LogP contribution in [0.5, 0.6) is 0 Å². The zero-order valence-corrected chi connectivity index (χ0v) is 12.3. The fourth-order valence-corrected chi connectivity index (χ4v) is 2.60. The van der Waals surface area contributed by atoms with Gasteiger partial charge in [-0.2, -0.15) is 18.3 Å². The van der Waals surface area contributed by atoms with Gasteiger partial charge in [0.1, 0.15) is 18.2 Å². The lowest BCUT2D eigenvalue weighted by Crippen LogP contribution is -2.42. The van der Waals surface area contributed by atoms with Gasteiger partial charge >= 0.3 is 6.18 Å². The molecule has 0 saturated heterocycles. The van der Waals surface area contributed by atoms with Crippen LogP contribution in [0.4, 0.5) is 13.2 Å². The lowest BCUT2D eigenvalue weighted by molar-refractivity contribution is -0.141. The summed E-state index contributed by atoms with van der Waals surface area (Å²) in [5, 5.41) is 14.2. The van der Waals surface area contributed by atoms with Crippen molar-refractivity contribution >= 4 is 5.91 Å². The summed E-state index contributed by atoms with van der Waals surface area (Å²) in [4.78, 5) is 12.0. The Kier molecular flexibility index (Phi) is 3.82. The molecule has 10 heteroatoms. The summed E-state index contributed by atoms with van der Waals surface area (Å²) in [5.41, 5.74) is -1.01. The number of fused-ring (bicyclic) bond motifs is 1. The Balaban J connectivity index is 1.58. The van der Waals surface area contributed by atoms with E-state index in [1.165, 1.54) is 0 Å². The third kappa shape index (κ3) is 3.35. The zero-order chi connectivity index (χ0) is 16.6. The molecule has 3 heterocycles. The molecule has 1 unspecified atom stereocenters. The molecule has 124 valence electrons. The fourth-order valence-electron chi connectivity index (χ4n) is 2.60. The van der Waals surface area contributed by atoms with E-state index in [9.17, 15) is 18.0 Å². The number of rotatable bonds is 3. The third-order valence-electron chi connectivity index (χ3n) is 3.73. The molecule has 0 saturated carbocycles. The number of halogens is 3. The summed E-state index contributed by atoms with van der Waals surface area (Å²) in [5.74, 6) is 1.29. The Morgan fingerprint density at radius 2 is 2.22 bits per heavy atom. The van der Waals surface area contributed by atoms with E-state index in [2.05, 4.69) is 20.6 Å². The summed E-state index contributed by atoms with van der Waals surface area (Å²) in [6.45, 7) is 2.15. The second kappa shape index (κ2) is 5.67. The maximum Gasteiger partial charge on any atom is 0.435 e. The van der Waals surface area contributed by atoms with Crippen LogP contribution in [0.3, 0.4) is 0 Å². The molecule has 7 nitrogen and oxygen atoms in total. The number of aromatic nitrogens is 5. The fraction of sp³-hybridized carbons (Fsp3) is 0.538. The molecule has 1 amide bonds. The molecule has 1 N–H and O–H groups in total. The van der Waals surface area contributed by atoms with Crippen molar-refractivity contribution in [1.29, 1.82) is 0 Å². The Hall–Kier alpha value is -2.39. The van der Waals surface area contributed by atoms with E-state index in [0.29, 0.717) is 13.0 Å². The molecule has 23 heavy (non-hydrogen) atoms. The first-order valence-electron chi connectivity index (χ1n) is 7.11. The van der Waals surface area contributed by atoms with Crippen LogP contribution in [0.25, 0.3) is 0 Å². The van der Waals surface area contributed by atoms with Gasteiger partial charge < -0.3 is 9.88 Å². The predicted molar refractivity (Wildman–Crippen MR) is 72.2 cm³/mol. The van der Waals surface area contributed by atoms with Gasteiger partial charge in [0.25, 0.3) is 0 Å². The van der Waals surface area contributed by atoms with Crippen molar-refractivity contribution in [2.45, 2.75) is 45.1 Å². The molecule has 1 atom stereocenters. The molecule has 0 bridgehead atoms. The van der Waals surface area contributed by atoms with Crippen LogP contribution in [0.1, 0.15) is 23.8 Å². The van der Waals surface area contributed by atoms with Gasteiger partial charge in [-0.1, -0.05) is 0 Å². The van der Waals surface area contributed by atoms with Gasteiger partial charge in [-0.3, -0.25) is 9.48 Å². The van der Waals surface area contributed by atoms with Crippen LogP contribution < -0.4 is 5.32 Å². The highest BCUT2D eigenvalue weighted by molar-refractivity contribution is 5.75. The third-order valence-corrected chi connectivity index (χ3v) is 3.73. The number of aryl methyl sites for hydroxylation is 2. The second-order valence-corrected chi connectivity index (χ2v) is 5.47. The van der Waals surface area contributed by atoms with E-state index in [0.717, 1.165) is 35.0 Å². The average molecular weight is 328 g/mol. The molecule has 3 rings (SSSR count). The second-order valence-electron chi connectivity index (χ2n) is 5.47. The normalized spacial score (nSPS) is 17.8. The van der Waals surface area contributed by atoms with Crippen LogP contribution in [-0.4, -0.2) is 36.5 Å². The number of hydrogen-bond donors (Lipinski definition) is 1. The minimum Gasteiger partial charge on any atom is -0.350 e. The van der Waals surface area contributed by atoms with Crippen molar-refractivity contribution in [3.63, 3.8) is 0 Å². The highest BCUT2D eigenvalue weighted by atomic mass is 19.4. The van der Waals surface area contributed by atoms with Crippen molar-refractivity contribution in [3.05, 3.63) is 29.6 Å². The average Bonchev–Trinajstić information content (AvgIpc) is 3.06. The Labute approximate surface area is 129 Å². The molecular weight excluding hydrogens is 313 g/mol. The number of amides is 1. The minimum absolute atomic E-state index is 0.0950. The number of nitrogens with one attached hydrogen (secondary N) is 1. The standard InChI is InChI=1S/C13H15F3N6O/c1-8-18-19-11-3-2-9(6-22(8)11)17-12(23)7-21-5-4-10(20-21)13(14,15)16/h4-5,9H,2-3,6-7H2,1H3,(H,17,23). The summed E-state index contributed by atoms with van der Waals surface area (Å²) in [7, 11) is 0. The first-order valence-corrected chi connectivity index (χ1v) is 7.11. The zero-order valence-electron chi connectivity index (χ0n) is 12.3. The minimum atomic E-state index is -4.51. The topological polar surface area (TPSA) is 77.6 Å². The summed E-state index contributed by atoms with van der Waals surface area (Å²) >= 11 is 0. The molecule has 0 spiro atoms. The van der Waals surface area contributed by atoms with Gasteiger partial charge in [0.2, 0.25) is 5.91 Å². The van der Waals surface area contributed by atoms with E-state index < -0.39 is 11.9 Å². The molecule has 0 fully saturated rings. The lowest BCUT2D eigenvalue weighted by atomic mass is 10.1. The number of nitrogens with zero attached hydrogens (tertiary/aromatic N) is 5. The van der Waals surface area contributed by atoms with Gasteiger partial charge in [-0.05, 0) is 19.4 Å². The van der Waals surface area contributed by atoms with E-state index in [4.69, 9.17) is 0 Å². The van der Waals surface area contributed by atoms with E-state index in [1.807, 2.05) is 11.5 Å². The van der Waals surface area contributed by atoms with Crippen LogP contribution in [0.2, 0.25) is 0 Å². The Morgan fingerprint density at radius 3 is 2.91 bits per heavy atom. The van der Waals surface area contributed by atoms with Gasteiger partial charge in [-0.15, -0.1) is 10.2 Å². The first-order chi connectivity index (χ1) is 10.8. The number of carbonyl (C=O) groups is 1. The van der Waals surface area contributed by atoms with Gasteiger partial charge in [0.15, 0.2) is 5.69 Å². The predicted octanol–water partition coefficient (Wildman–Crippen LogP) is 0.933. The molecule has 0 aromatic carbocycles. The maximum atomic E-state index is 12.5. The molecule has 2 aromatic heterocycles. The van der Waals surface area contributed by atoms with Crippen LogP contribution >= 0.6 is 0 Å². The monoisotopic (exact) mass is 328 g/mol. The van der Waals surface area contributed by atoms with E-state index in [1.54, 1.807) is 0 Å². The molecular formula is C13H15F3N6O. The molecule has 2 aromatic rings. The molecule has 1 aliphatic heterocycles. The van der Waals surface area contributed by atoms with Crippen molar-refractivity contribution in [3.8, 4) is 0 Å². The highest BCUT2D eigenvalue weighted by Gasteiger charge is 2.33. The number of alkyl halides is 3.